The van der Waals surface area contributed by atoms with Crippen LogP contribution in [0.3, 0.4) is 0 Å². The number of hydrogen-bond acceptors (Lipinski definition) is 1. The van der Waals surface area contributed by atoms with Crippen molar-refractivity contribution in [2.24, 2.45) is 0 Å². The summed E-state index contributed by atoms with van der Waals surface area (Å²) in [4.78, 5) is 0. The van der Waals surface area contributed by atoms with Gasteiger partial charge in [0.15, 0.2) is 0 Å². The molecule has 0 aliphatic rings. The summed E-state index contributed by atoms with van der Waals surface area (Å²) in [6.07, 6.45) is -1.27. The van der Waals surface area contributed by atoms with Crippen molar-refractivity contribution in [2.45, 2.75) is 6.10 Å². The molecule has 2 aromatic carbocycles. The molecular weight excluding hydrogens is 281 g/mol. The minimum Gasteiger partial charge on any atom is -0.383 e. The van der Waals surface area contributed by atoms with Gasteiger partial charge in [-0.1, -0.05) is 35.3 Å². The van der Waals surface area contributed by atoms with Gasteiger partial charge in [-0.15, -0.1) is 0 Å². The second kappa shape index (κ2) is 5.22. The van der Waals surface area contributed by atoms with Gasteiger partial charge in [0.05, 0.1) is 0 Å². The maximum Gasteiger partial charge on any atom is 0.130 e. The lowest BCUT2D eigenvalue weighted by molar-refractivity contribution is 0.215. The first-order valence-electron chi connectivity index (χ1n) is 5.07. The largest absolute Gasteiger partial charge is 0.383 e. The Labute approximate surface area is 113 Å². The lowest BCUT2D eigenvalue weighted by Gasteiger charge is -2.14. The second-order valence-electron chi connectivity index (χ2n) is 3.73. The highest BCUT2D eigenvalue weighted by Gasteiger charge is 2.18. The predicted molar refractivity (Wildman–Crippen MR) is 66.9 cm³/mol. The Balaban J connectivity index is 2.44. The molecule has 5 heteroatoms. The SMILES string of the molecule is OC(c1ccc(Cl)cc1F)c1ccc(F)cc1Cl. The third-order valence-corrected chi connectivity index (χ3v) is 3.08. The Morgan fingerprint density at radius 2 is 1.61 bits per heavy atom. The van der Waals surface area contributed by atoms with Crippen LogP contribution in [0, 0.1) is 11.6 Å². The Hall–Kier alpha value is -1.16. The van der Waals surface area contributed by atoms with Crippen LogP contribution >= 0.6 is 23.2 Å². The highest BCUT2D eigenvalue weighted by atomic mass is 35.5. The van der Waals surface area contributed by atoms with Gasteiger partial charge in [0.25, 0.3) is 0 Å². The van der Waals surface area contributed by atoms with Gasteiger partial charge >= 0.3 is 0 Å². The molecule has 1 N–H and O–H groups in total. The zero-order valence-electron chi connectivity index (χ0n) is 9.00. The van der Waals surface area contributed by atoms with Crippen molar-refractivity contribution in [2.75, 3.05) is 0 Å². The Bertz CT molecular complexity index is 536. The average Bonchev–Trinajstić information content (AvgIpc) is 2.28. The standard InChI is InChI=1S/C13H8Cl2F2O/c14-7-1-3-10(12(17)5-7)13(18)9-4-2-8(16)6-11(9)15/h1-6,13,18H. The molecule has 0 fully saturated rings. The number of hydrogen-bond donors (Lipinski definition) is 1. The first-order valence-corrected chi connectivity index (χ1v) is 5.82. The molecule has 94 valence electrons. The van der Waals surface area contributed by atoms with E-state index in [1.165, 1.54) is 18.2 Å². The maximum absolute atomic E-state index is 13.6. The first-order chi connectivity index (χ1) is 8.49. The highest BCUT2D eigenvalue weighted by molar-refractivity contribution is 6.31. The van der Waals surface area contributed by atoms with E-state index in [0.717, 1.165) is 18.2 Å². The molecule has 1 unspecified atom stereocenters. The van der Waals surface area contributed by atoms with Crippen molar-refractivity contribution in [1.29, 1.82) is 0 Å². The van der Waals surface area contributed by atoms with Crippen LogP contribution < -0.4 is 0 Å². The molecule has 0 amide bonds. The molecule has 0 saturated carbocycles. The van der Waals surface area contributed by atoms with Crippen LogP contribution in [0.2, 0.25) is 10.0 Å². The lowest BCUT2D eigenvalue weighted by Crippen LogP contribution is -2.03. The van der Waals surface area contributed by atoms with E-state index >= 15 is 0 Å². The molecule has 2 rings (SSSR count). The van der Waals surface area contributed by atoms with E-state index < -0.39 is 17.7 Å². The molecule has 18 heavy (non-hydrogen) atoms. The molecule has 2 aromatic rings. The van der Waals surface area contributed by atoms with Crippen LogP contribution in [0.25, 0.3) is 0 Å². The quantitative estimate of drug-likeness (QED) is 0.871. The van der Waals surface area contributed by atoms with Crippen LogP contribution in [-0.4, -0.2) is 5.11 Å². The molecule has 0 aliphatic carbocycles. The molecule has 0 heterocycles. The Kier molecular flexibility index (Phi) is 3.85. The summed E-state index contributed by atoms with van der Waals surface area (Å²) in [6.45, 7) is 0. The van der Waals surface area contributed by atoms with Crippen LogP contribution in [0.15, 0.2) is 36.4 Å². The summed E-state index contributed by atoms with van der Waals surface area (Å²) in [6, 6.07) is 7.45. The maximum atomic E-state index is 13.6. The number of aliphatic hydroxyl groups is 1. The van der Waals surface area contributed by atoms with Gasteiger partial charge in [0.2, 0.25) is 0 Å². The fourth-order valence-electron chi connectivity index (χ4n) is 1.61. The number of aliphatic hydroxyl groups excluding tert-OH is 1. The molecule has 0 spiro atoms. The van der Waals surface area contributed by atoms with Gasteiger partial charge in [-0.05, 0) is 24.3 Å². The lowest BCUT2D eigenvalue weighted by atomic mass is 10.0. The van der Waals surface area contributed by atoms with Crippen LogP contribution in [0.1, 0.15) is 17.2 Å². The van der Waals surface area contributed by atoms with E-state index in [-0.39, 0.29) is 21.2 Å². The average molecular weight is 289 g/mol. The van der Waals surface area contributed by atoms with E-state index in [0.29, 0.717) is 0 Å². The topological polar surface area (TPSA) is 20.2 Å². The van der Waals surface area contributed by atoms with E-state index in [9.17, 15) is 13.9 Å². The number of halogens is 4. The monoisotopic (exact) mass is 288 g/mol. The molecular formula is C13H8Cl2F2O. The fraction of sp³-hybridized carbons (Fsp3) is 0.0769. The Morgan fingerprint density at radius 3 is 2.22 bits per heavy atom. The van der Waals surface area contributed by atoms with E-state index in [1.54, 1.807) is 0 Å². The van der Waals surface area contributed by atoms with Gasteiger partial charge in [0.1, 0.15) is 17.7 Å². The third kappa shape index (κ3) is 2.64. The normalized spacial score (nSPS) is 12.5. The molecule has 0 saturated heterocycles. The van der Waals surface area contributed by atoms with E-state index in [2.05, 4.69) is 0 Å². The minimum atomic E-state index is -1.27. The summed E-state index contributed by atoms with van der Waals surface area (Å²) < 4.78 is 26.5. The summed E-state index contributed by atoms with van der Waals surface area (Å²) >= 11 is 11.4. The fourth-order valence-corrected chi connectivity index (χ4v) is 2.04. The second-order valence-corrected chi connectivity index (χ2v) is 4.58. The Morgan fingerprint density at radius 1 is 0.944 bits per heavy atom. The molecule has 1 atom stereocenters. The van der Waals surface area contributed by atoms with Crippen LogP contribution in [0.4, 0.5) is 8.78 Å². The van der Waals surface area contributed by atoms with E-state index in [1.807, 2.05) is 0 Å². The highest BCUT2D eigenvalue weighted by Crippen LogP contribution is 2.31. The number of benzene rings is 2. The van der Waals surface area contributed by atoms with Crippen molar-refractivity contribution in [3.05, 3.63) is 69.2 Å². The van der Waals surface area contributed by atoms with Crippen molar-refractivity contribution >= 4 is 23.2 Å². The van der Waals surface area contributed by atoms with Crippen molar-refractivity contribution in [1.82, 2.24) is 0 Å². The van der Waals surface area contributed by atoms with Gasteiger partial charge in [-0.3, -0.25) is 0 Å². The molecule has 0 aromatic heterocycles. The minimum absolute atomic E-state index is 0.0351. The van der Waals surface area contributed by atoms with Crippen molar-refractivity contribution in [3.8, 4) is 0 Å². The molecule has 0 radical (unpaired) electrons. The molecule has 0 bridgehead atoms. The smallest absolute Gasteiger partial charge is 0.130 e. The first kappa shape index (κ1) is 13.3. The predicted octanol–water partition coefficient (Wildman–Crippen LogP) is 4.35. The van der Waals surface area contributed by atoms with Crippen molar-refractivity contribution in [3.63, 3.8) is 0 Å². The van der Waals surface area contributed by atoms with Gasteiger partial charge in [-0.25, -0.2) is 8.78 Å². The zero-order chi connectivity index (χ0) is 13.3. The molecule has 0 aliphatic heterocycles. The van der Waals surface area contributed by atoms with E-state index in [4.69, 9.17) is 23.2 Å². The van der Waals surface area contributed by atoms with Gasteiger partial charge in [-0.2, -0.15) is 0 Å². The summed E-state index contributed by atoms with van der Waals surface area (Å²) in [5, 5.41) is 10.3. The number of rotatable bonds is 2. The van der Waals surface area contributed by atoms with Crippen LogP contribution in [0.5, 0.6) is 0 Å². The van der Waals surface area contributed by atoms with Gasteiger partial charge in [0, 0.05) is 21.2 Å². The zero-order valence-corrected chi connectivity index (χ0v) is 10.5. The van der Waals surface area contributed by atoms with Crippen LogP contribution in [-0.2, 0) is 0 Å². The summed E-state index contributed by atoms with van der Waals surface area (Å²) in [5.74, 6) is -1.16. The third-order valence-electron chi connectivity index (χ3n) is 2.51. The summed E-state index contributed by atoms with van der Waals surface area (Å²) in [5.41, 5.74) is 0.271. The van der Waals surface area contributed by atoms with Gasteiger partial charge < -0.3 is 5.11 Å². The van der Waals surface area contributed by atoms with Crippen molar-refractivity contribution < 1.29 is 13.9 Å². The summed E-state index contributed by atoms with van der Waals surface area (Å²) in [7, 11) is 0. The molecule has 1 nitrogen and oxygen atoms in total.